The molecule has 1 aliphatic rings. The predicted molar refractivity (Wildman–Crippen MR) is 106 cm³/mol. The van der Waals surface area contributed by atoms with Crippen molar-refractivity contribution in [2.24, 2.45) is 0 Å². The first-order valence-electron chi connectivity index (χ1n) is 8.63. The maximum absolute atomic E-state index is 13.8. The van der Waals surface area contributed by atoms with E-state index in [2.05, 4.69) is 5.32 Å². The summed E-state index contributed by atoms with van der Waals surface area (Å²) < 4.78 is 13.8. The number of rotatable bonds is 5. The molecule has 144 valence electrons. The average Bonchev–Trinajstić information content (AvgIpc) is 3.29. The summed E-state index contributed by atoms with van der Waals surface area (Å²) in [5.41, 5.74) is 0.446. The van der Waals surface area contributed by atoms with Crippen molar-refractivity contribution in [3.63, 3.8) is 0 Å². The molecule has 1 aromatic heterocycles. The third-order valence-corrected chi connectivity index (χ3v) is 6.14. The van der Waals surface area contributed by atoms with Crippen molar-refractivity contribution >= 4 is 46.4 Å². The van der Waals surface area contributed by atoms with Crippen molar-refractivity contribution in [1.82, 2.24) is 10.2 Å². The molecular formula is C19H19Cl2FN2O2S. The third kappa shape index (κ3) is 4.62. The van der Waals surface area contributed by atoms with Crippen LogP contribution in [0, 0.1) is 5.82 Å². The van der Waals surface area contributed by atoms with E-state index in [4.69, 9.17) is 23.2 Å². The van der Waals surface area contributed by atoms with E-state index in [1.807, 2.05) is 17.5 Å². The molecule has 0 spiro atoms. The lowest BCUT2D eigenvalue weighted by Crippen LogP contribution is -2.47. The third-order valence-electron chi connectivity index (χ3n) is 4.65. The Hall–Kier alpha value is -1.63. The topological polar surface area (TPSA) is 49.4 Å². The zero-order chi connectivity index (χ0) is 19.6. The van der Waals surface area contributed by atoms with Crippen LogP contribution in [0.2, 0.25) is 10.0 Å². The molecule has 2 atom stereocenters. The fourth-order valence-electron chi connectivity index (χ4n) is 3.26. The first kappa shape index (κ1) is 20.1. The minimum atomic E-state index is -0.592. The maximum atomic E-state index is 13.8. The molecule has 2 unspecified atom stereocenters. The largest absolute Gasteiger partial charge is 0.348 e. The molecule has 0 saturated carbocycles. The quantitative estimate of drug-likeness (QED) is 0.706. The summed E-state index contributed by atoms with van der Waals surface area (Å²) in [7, 11) is 0. The highest BCUT2D eigenvalue weighted by Crippen LogP contribution is 2.29. The molecule has 8 heteroatoms. The van der Waals surface area contributed by atoms with Crippen molar-refractivity contribution in [2.45, 2.75) is 38.3 Å². The van der Waals surface area contributed by atoms with Crippen LogP contribution in [0.3, 0.4) is 0 Å². The van der Waals surface area contributed by atoms with Gasteiger partial charge in [-0.05, 0) is 48.9 Å². The zero-order valence-corrected chi connectivity index (χ0v) is 17.0. The first-order chi connectivity index (χ1) is 12.9. The Bertz CT molecular complexity index is 844. The molecule has 2 aromatic rings. The molecule has 0 radical (unpaired) electrons. The molecule has 3 rings (SSSR count). The Labute approximate surface area is 171 Å². The van der Waals surface area contributed by atoms with Gasteiger partial charge in [0.1, 0.15) is 11.9 Å². The van der Waals surface area contributed by atoms with Crippen LogP contribution < -0.4 is 5.32 Å². The molecule has 2 heterocycles. The van der Waals surface area contributed by atoms with Gasteiger partial charge in [0.05, 0.1) is 17.5 Å². The minimum Gasteiger partial charge on any atom is -0.348 e. The zero-order valence-electron chi connectivity index (χ0n) is 14.7. The van der Waals surface area contributed by atoms with Gasteiger partial charge in [-0.1, -0.05) is 29.3 Å². The van der Waals surface area contributed by atoms with E-state index >= 15 is 0 Å². The summed E-state index contributed by atoms with van der Waals surface area (Å²) in [5, 5.41) is 4.99. The van der Waals surface area contributed by atoms with Gasteiger partial charge in [-0.3, -0.25) is 9.59 Å². The number of carbonyl (C=O) groups is 2. The van der Waals surface area contributed by atoms with E-state index in [1.165, 1.54) is 23.5 Å². The molecule has 1 aliphatic heterocycles. The normalized spacial score (nSPS) is 17.8. The summed E-state index contributed by atoms with van der Waals surface area (Å²) in [6.45, 7) is 2.28. The molecule has 2 amide bonds. The minimum absolute atomic E-state index is 0.0571. The van der Waals surface area contributed by atoms with E-state index in [0.29, 0.717) is 24.9 Å². The SMILES string of the molecule is CC(NC(=O)C1CCCN1C(=O)Cc1cccs1)c1cc(F)c(Cl)cc1Cl. The van der Waals surface area contributed by atoms with Crippen molar-refractivity contribution in [1.29, 1.82) is 0 Å². The van der Waals surface area contributed by atoms with Gasteiger partial charge in [0, 0.05) is 16.4 Å². The molecule has 1 fully saturated rings. The number of benzene rings is 1. The van der Waals surface area contributed by atoms with Crippen LogP contribution in [0.5, 0.6) is 0 Å². The van der Waals surface area contributed by atoms with Crippen LogP contribution in [0.15, 0.2) is 29.6 Å². The molecule has 1 saturated heterocycles. The fourth-order valence-corrected chi connectivity index (χ4v) is 4.50. The molecule has 0 bridgehead atoms. The smallest absolute Gasteiger partial charge is 0.243 e. The van der Waals surface area contributed by atoms with E-state index in [0.717, 1.165) is 11.3 Å². The summed E-state index contributed by atoms with van der Waals surface area (Å²) >= 11 is 13.4. The lowest BCUT2D eigenvalue weighted by atomic mass is 10.1. The van der Waals surface area contributed by atoms with Crippen molar-refractivity contribution in [2.75, 3.05) is 6.54 Å². The number of carbonyl (C=O) groups excluding carboxylic acids is 2. The Morgan fingerprint density at radius 3 is 2.85 bits per heavy atom. The summed E-state index contributed by atoms with van der Waals surface area (Å²) in [5.74, 6) is -0.907. The number of hydrogen-bond donors (Lipinski definition) is 1. The van der Waals surface area contributed by atoms with Crippen LogP contribution in [-0.4, -0.2) is 29.3 Å². The molecule has 1 aromatic carbocycles. The Balaban J connectivity index is 1.67. The van der Waals surface area contributed by atoms with Gasteiger partial charge < -0.3 is 10.2 Å². The standard InChI is InChI=1S/C19H19Cl2FN2O2S/c1-11(13-9-16(22)15(21)10-14(13)20)23-19(26)17-5-2-6-24(17)18(25)8-12-4-3-7-27-12/h3-4,7,9-11,17H,2,5-6,8H2,1H3,(H,23,26). The molecule has 27 heavy (non-hydrogen) atoms. The highest BCUT2D eigenvalue weighted by molar-refractivity contribution is 7.10. The Morgan fingerprint density at radius 2 is 2.15 bits per heavy atom. The van der Waals surface area contributed by atoms with Gasteiger partial charge in [-0.15, -0.1) is 11.3 Å². The van der Waals surface area contributed by atoms with Crippen LogP contribution >= 0.6 is 34.5 Å². The molecule has 1 N–H and O–H groups in total. The van der Waals surface area contributed by atoms with Crippen molar-refractivity contribution < 1.29 is 14.0 Å². The van der Waals surface area contributed by atoms with Gasteiger partial charge in [0.2, 0.25) is 11.8 Å². The van der Waals surface area contributed by atoms with Crippen LogP contribution in [0.4, 0.5) is 4.39 Å². The number of hydrogen-bond acceptors (Lipinski definition) is 3. The first-order valence-corrected chi connectivity index (χ1v) is 10.3. The number of amides is 2. The van der Waals surface area contributed by atoms with Crippen LogP contribution in [0.25, 0.3) is 0 Å². The Kier molecular flexibility index (Phi) is 6.40. The van der Waals surface area contributed by atoms with Gasteiger partial charge in [-0.25, -0.2) is 4.39 Å². The maximum Gasteiger partial charge on any atom is 0.243 e. The van der Waals surface area contributed by atoms with Crippen LogP contribution in [-0.2, 0) is 16.0 Å². The number of halogens is 3. The molecule has 4 nitrogen and oxygen atoms in total. The number of thiophene rings is 1. The summed E-state index contributed by atoms with van der Waals surface area (Å²) in [4.78, 5) is 27.9. The second-order valence-corrected chi connectivity index (χ2v) is 8.37. The van der Waals surface area contributed by atoms with E-state index in [9.17, 15) is 14.0 Å². The highest BCUT2D eigenvalue weighted by atomic mass is 35.5. The van der Waals surface area contributed by atoms with E-state index in [-0.39, 0.29) is 21.9 Å². The number of nitrogens with one attached hydrogen (secondary N) is 1. The van der Waals surface area contributed by atoms with Crippen molar-refractivity contribution in [3.05, 3.63) is 55.9 Å². The van der Waals surface area contributed by atoms with Gasteiger partial charge in [-0.2, -0.15) is 0 Å². The molecular weight excluding hydrogens is 410 g/mol. The van der Waals surface area contributed by atoms with E-state index in [1.54, 1.807) is 11.8 Å². The number of nitrogens with zero attached hydrogens (tertiary/aromatic N) is 1. The number of likely N-dealkylation sites (tertiary alicyclic amines) is 1. The van der Waals surface area contributed by atoms with Gasteiger partial charge in [0.15, 0.2) is 0 Å². The highest BCUT2D eigenvalue weighted by Gasteiger charge is 2.34. The second-order valence-electron chi connectivity index (χ2n) is 6.52. The fraction of sp³-hybridized carbons (Fsp3) is 0.368. The predicted octanol–water partition coefficient (Wildman–Crippen LogP) is 4.60. The lowest BCUT2D eigenvalue weighted by molar-refractivity contribution is -0.138. The van der Waals surface area contributed by atoms with Gasteiger partial charge in [0.25, 0.3) is 0 Å². The monoisotopic (exact) mass is 428 g/mol. The van der Waals surface area contributed by atoms with Gasteiger partial charge >= 0.3 is 0 Å². The molecule has 0 aliphatic carbocycles. The van der Waals surface area contributed by atoms with E-state index < -0.39 is 17.9 Å². The van der Waals surface area contributed by atoms with Crippen molar-refractivity contribution in [3.8, 4) is 0 Å². The lowest BCUT2D eigenvalue weighted by Gasteiger charge is -2.26. The Morgan fingerprint density at radius 1 is 1.37 bits per heavy atom. The summed E-state index contributed by atoms with van der Waals surface area (Å²) in [6.07, 6.45) is 1.68. The summed E-state index contributed by atoms with van der Waals surface area (Å²) in [6, 6.07) is 5.33. The average molecular weight is 429 g/mol. The van der Waals surface area contributed by atoms with Crippen LogP contribution in [0.1, 0.15) is 36.2 Å². The second kappa shape index (κ2) is 8.59.